The van der Waals surface area contributed by atoms with Crippen LogP contribution in [0.25, 0.3) is 10.2 Å². The highest BCUT2D eigenvalue weighted by molar-refractivity contribution is 7.16. The van der Waals surface area contributed by atoms with Crippen LogP contribution in [0.5, 0.6) is 0 Å². The van der Waals surface area contributed by atoms with E-state index in [4.69, 9.17) is 4.74 Å². The first-order valence-electron chi connectivity index (χ1n) is 6.81. The maximum Gasteiger partial charge on any atom is 0.262 e. The summed E-state index contributed by atoms with van der Waals surface area (Å²) < 4.78 is 6.60. The van der Waals surface area contributed by atoms with Crippen LogP contribution in [-0.4, -0.2) is 46.7 Å². The Kier molecular flexibility index (Phi) is 3.77. The molecular formula is C14H17N3O3S. The molecule has 0 spiro atoms. The van der Waals surface area contributed by atoms with E-state index in [1.165, 1.54) is 22.2 Å². The lowest BCUT2D eigenvalue weighted by Crippen LogP contribution is -2.49. The average Bonchev–Trinajstić information content (AvgIpc) is 2.89. The zero-order chi connectivity index (χ0) is 15.0. The summed E-state index contributed by atoms with van der Waals surface area (Å²) >= 11 is 1.42. The fourth-order valence-electron chi connectivity index (χ4n) is 2.51. The summed E-state index contributed by atoms with van der Waals surface area (Å²) in [5, 5.41) is 2.40. The van der Waals surface area contributed by atoms with E-state index in [9.17, 15) is 9.59 Å². The van der Waals surface area contributed by atoms with Crippen LogP contribution in [0.2, 0.25) is 0 Å². The molecule has 0 unspecified atom stereocenters. The van der Waals surface area contributed by atoms with E-state index < -0.39 is 0 Å². The fraction of sp³-hybridized carbons (Fsp3) is 0.500. The highest BCUT2D eigenvalue weighted by Gasteiger charge is 2.34. The molecule has 0 aliphatic heterocycles. The molecule has 2 aromatic heterocycles. The van der Waals surface area contributed by atoms with Gasteiger partial charge in [0.25, 0.3) is 5.56 Å². The quantitative estimate of drug-likeness (QED) is 0.848. The van der Waals surface area contributed by atoms with Crippen LogP contribution in [0.15, 0.2) is 22.6 Å². The summed E-state index contributed by atoms with van der Waals surface area (Å²) in [6.07, 6.45) is 3.41. The largest absolute Gasteiger partial charge is 0.381 e. The molecule has 2 aromatic rings. The van der Waals surface area contributed by atoms with Crippen molar-refractivity contribution in [3.63, 3.8) is 0 Å². The first-order chi connectivity index (χ1) is 10.1. The van der Waals surface area contributed by atoms with Gasteiger partial charge in [-0.1, -0.05) is 0 Å². The van der Waals surface area contributed by atoms with Gasteiger partial charge >= 0.3 is 0 Å². The Labute approximate surface area is 126 Å². The molecular weight excluding hydrogens is 290 g/mol. The smallest absolute Gasteiger partial charge is 0.262 e. The van der Waals surface area contributed by atoms with Crippen LogP contribution in [0.3, 0.4) is 0 Å². The number of nitrogens with zero attached hydrogens (tertiary/aromatic N) is 3. The van der Waals surface area contributed by atoms with E-state index in [2.05, 4.69) is 4.98 Å². The average molecular weight is 307 g/mol. The van der Waals surface area contributed by atoms with Gasteiger partial charge in [0.15, 0.2) is 0 Å². The Morgan fingerprint density at radius 3 is 3.05 bits per heavy atom. The van der Waals surface area contributed by atoms with Gasteiger partial charge in [0.2, 0.25) is 5.91 Å². The second-order valence-electron chi connectivity index (χ2n) is 5.30. The summed E-state index contributed by atoms with van der Waals surface area (Å²) in [6.45, 7) is 0.0300. The molecule has 0 saturated heterocycles. The molecule has 0 bridgehead atoms. The highest BCUT2D eigenvalue weighted by atomic mass is 32.1. The maximum absolute atomic E-state index is 12.3. The van der Waals surface area contributed by atoms with Crippen molar-refractivity contribution in [2.75, 3.05) is 14.2 Å². The molecule has 0 aromatic carbocycles. The zero-order valence-electron chi connectivity index (χ0n) is 12.0. The van der Waals surface area contributed by atoms with Crippen molar-refractivity contribution < 1.29 is 9.53 Å². The lowest BCUT2D eigenvalue weighted by molar-refractivity contribution is -0.137. The number of hydrogen-bond acceptors (Lipinski definition) is 5. The first kappa shape index (κ1) is 14.2. The molecule has 7 heteroatoms. The number of methoxy groups -OCH3 is 1. The zero-order valence-corrected chi connectivity index (χ0v) is 12.8. The van der Waals surface area contributed by atoms with Crippen LogP contribution in [0.4, 0.5) is 0 Å². The van der Waals surface area contributed by atoms with Crippen LogP contribution in [0.1, 0.15) is 12.8 Å². The molecule has 0 atom stereocenters. The predicted molar refractivity (Wildman–Crippen MR) is 80.5 cm³/mol. The minimum absolute atomic E-state index is 0.0300. The minimum Gasteiger partial charge on any atom is -0.381 e. The van der Waals surface area contributed by atoms with E-state index in [1.807, 2.05) is 5.38 Å². The second-order valence-corrected chi connectivity index (χ2v) is 6.20. The van der Waals surface area contributed by atoms with Crippen LogP contribution < -0.4 is 5.56 Å². The SMILES string of the molecule is COC1CC(N(C)C(=O)Cn2cnc3sccc3c2=O)C1. The van der Waals surface area contributed by atoms with Crippen LogP contribution in [0, 0.1) is 0 Å². The number of carbonyl (C=O) groups excluding carboxylic acids is 1. The van der Waals surface area contributed by atoms with Gasteiger partial charge in [-0.05, 0) is 24.3 Å². The van der Waals surface area contributed by atoms with Crippen molar-refractivity contribution in [2.45, 2.75) is 31.5 Å². The van der Waals surface area contributed by atoms with Crippen LogP contribution in [-0.2, 0) is 16.1 Å². The summed E-state index contributed by atoms with van der Waals surface area (Å²) in [6, 6.07) is 1.95. The van der Waals surface area contributed by atoms with E-state index >= 15 is 0 Å². The normalized spacial score (nSPS) is 21.2. The van der Waals surface area contributed by atoms with Gasteiger partial charge in [0.05, 0.1) is 17.8 Å². The molecule has 1 fully saturated rings. The Morgan fingerprint density at radius 2 is 2.33 bits per heavy atom. The van der Waals surface area contributed by atoms with E-state index in [-0.39, 0.29) is 30.2 Å². The highest BCUT2D eigenvalue weighted by Crippen LogP contribution is 2.27. The van der Waals surface area contributed by atoms with Crippen molar-refractivity contribution in [1.29, 1.82) is 0 Å². The van der Waals surface area contributed by atoms with Gasteiger partial charge in [0, 0.05) is 20.2 Å². The van der Waals surface area contributed by atoms with Gasteiger partial charge in [-0.3, -0.25) is 14.2 Å². The topological polar surface area (TPSA) is 64.4 Å². The van der Waals surface area contributed by atoms with Crippen molar-refractivity contribution in [1.82, 2.24) is 14.5 Å². The Bertz CT molecular complexity index is 718. The Hall–Kier alpha value is -1.73. The molecule has 0 N–H and O–H groups in total. The third-order valence-electron chi connectivity index (χ3n) is 4.10. The van der Waals surface area contributed by atoms with Gasteiger partial charge in [0.1, 0.15) is 11.4 Å². The molecule has 1 aliphatic rings. The van der Waals surface area contributed by atoms with Gasteiger partial charge in [-0.25, -0.2) is 4.98 Å². The number of hydrogen-bond donors (Lipinski definition) is 0. The summed E-state index contributed by atoms with van der Waals surface area (Å²) in [5.41, 5.74) is -0.161. The molecule has 2 heterocycles. The van der Waals surface area contributed by atoms with Gasteiger partial charge in [-0.15, -0.1) is 11.3 Å². The number of fused-ring (bicyclic) bond motifs is 1. The maximum atomic E-state index is 12.3. The Morgan fingerprint density at radius 1 is 1.57 bits per heavy atom. The number of thiophene rings is 1. The number of aromatic nitrogens is 2. The minimum atomic E-state index is -0.161. The summed E-state index contributed by atoms with van der Waals surface area (Å²) in [7, 11) is 3.46. The van der Waals surface area contributed by atoms with Crippen molar-refractivity contribution >= 4 is 27.5 Å². The lowest BCUT2D eigenvalue weighted by atomic mass is 9.88. The van der Waals surface area contributed by atoms with Crippen molar-refractivity contribution in [3.05, 3.63) is 28.1 Å². The second kappa shape index (κ2) is 5.57. The third kappa shape index (κ3) is 2.58. The predicted octanol–water partition coefficient (Wildman–Crippen LogP) is 1.09. The summed E-state index contributed by atoms with van der Waals surface area (Å²) in [4.78, 5) is 31.1. The number of rotatable bonds is 4. The number of amides is 1. The fourth-order valence-corrected chi connectivity index (χ4v) is 3.24. The number of ether oxygens (including phenoxy) is 1. The molecule has 1 saturated carbocycles. The van der Waals surface area contributed by atoms with Crippen LogP contribution >= 0.6 is 11.3 Å². The van der Waals surface area contributed by atoms with E-state index in [1.54, 1.807) is 25.1 Å². The third-order valence-corrected chi connectivity index (χ3v) is 4.92. The van der Waals surface area contributed by atoms with E-state index in [0.29, 0.717) is 10.2 Å². The number of carbonyl (C=O) groups is 1. The van der Waals surface area contributed by atoms with Gasteiger partial charge in [-0.2, -0.15) is 0 Å². The Balaban J connectivity index is 1.71. The first-order valence-corrected chi connectivity index (χ1v) is 7.69. The lowest BCUT2D eigenvalue weighted by Gasteiger charge is -2.40. The van der Waals surface area contributed by atoms with Crippen molar-refractivity contribution in [2.24, 2.45) is 0 Å². The molecule has 1 amide bonds. The molecule has 0 radical (unpaired) electrons. The molecule has 1 aliphatic carbocycles. The number of likely N-dealkylation sites (N-methyl/N-ethyl adjacent to an activating group) is 1. The van der Waals surface area contributed by atoms with Crippen molar-refractivity contribution in [3.8, 4) is 0 Å². The van der Waals surface area contributed by atoms with E-state index in [0.717, 1.165) is 12.8 Å². The molecule has 3 rings (SSSR count). The van der Waals surface area contributed by atoms with Gasteiger partial charge < -0.3 is 9.64 Å². The monoisotopic (exact) mass is 307 g/mol. The molecule has 112 valence electrons. The molecule has 21 heavy (non-hydrogen) atoms. The standard InChI is InChI=1S/C14H17N3O3S/c1-16(9-5-10(6-9)20-2)12(18)7-17-8-15-13-11(14(17)19)3-4-21-13/h3-4,8-10H,5-7H2,1-2H3. The molecule has 6 nitrogen and oxygen atoms in total. The summed E-state index contributed by atoms with van der Waals surface area (Å²) in [5.74, 6) is -0.0759.